The molecule has 1 aromatic carbocycles. The summed E-state index contributed by atoms with van der Waals surface area (Å²) in [5.74, 6) is 1.56. The summed E-state index contributed by atoms with van der Waals surface area (Å²) in [5.41, 5.74) is 2.67. The van der Waals surface area contributed by atoms with Gasteiger partial charge in [0, 0.05) is 5.92 Å². The van der Waals surface area contributed by atoms with Crippen LogP contribution in [0.3, 0.4) is 0 Å². The fraction of sp³-hybridized carbons (Fsp3) is 0.562. The zero-order valence-electron chi connectivity index (χ0n) is 11.6. The monoisotopic (exact) mass is 258 g/mol. The zero-order valence-corrected chi connectivity index (χ0v) is 11.6. The van der Waals surface area contributed by atoms with Gasteiger partial charge in [-0.3, -0.25) is 0 Å². The van der Waals surface area contributed by atoms with E-state index in [0.29, 0.717) is 12.0 Å². The first-order valence-corrected chi connectivity index (χ1v) is 7.28. The lowest BCUT2D eigenvalue weighted by molar-refractivity contribution is 0.284. The van der Waals surface area contributed by atoms with Crippen molar-refractivity contribution in [2.45, 2.75) is 32.2 Å². The molecule has 1 N–H and O–H groups in total. The third-order valence-electron chi connectivity index (χ3n) is 4.01. The van der Waals surface area contributed by atoms with Gasteiger partial charge < -0.3 is 10.1 Å². The standard InChI is InChI=1S/C16H22N2O/c1-12-2-4-13(5-3-12)10-15-11-19-16(18-15)14-6-8-17-9-7-14/h2-5,14-15,17H,6-11H2,1H3. The molecule has 0 spiro atoms. The van der Waals surface area contributed by atoms with E-state index in [1.54, 1.807) is 0 Å². The van der Waals surface area contributed by atoms with Crippen LogP contribution >= 0.6 is 0 Å². The number of ether oxygens (including phenoxy) is 1. The minimum absolute atomic E-state index is 0.313. The lowest BCUT2D eigenvalue weighted by Crippen LogP contribution is -2.31. The first-order chi connectivity index (χ1) is 9.31. The van der Waals surface area contributed by atoms with E-state index in [9.17, 15) is 0 Å². The van der Waals surface area contributed by atoms with Crippen molar-refractivity contribution in [2.75, 3.05) is 19.7 Å². The van der Waals surface area contributed by atoms with Crippen LogP contribution in [0.25, 0.3) is 0 Å². The third-order valence-corrected chi connectivity index (χ3v) is 4.01. The van der Waals surface area contributed by atoms with Gasteiger partial charge in [-0.25, -0.2) is 4.99 Å². The average molecular weight is 258 g/mol. The highest BCUT2D eigenvalue weighted by atomic mass is 16.5. The van der Waals surface area contributed by atoms with Crippen molar-refractivity contribution in [3.63, 3.8) is 0 Å². The zero-order chi connectivity index (χ0) is 13.1. The summed E-state index contributed by atoms with van der Waals surface area (Å²) in [6, 6.07) is 9.05. The molecule has 0 aliphatic carbocycles. The Bertz CT molecular complexity index is 446. The van der Waals surface area contributed by atoms with Crippen molar-refractivity contribution in [3.8, 4) is 0 Å². The predicted molar refractivity (Wildman–Crippen MR) is 77.7 cm³/mol. The number of nitrogens with one attached hydrogen (secondary N) is 1. The van der Waals surface area contributed by atoms with Crippen LogP contribution in [0.15, 0.2) is 29.3 Å². The van der Waals surface area contributed by atoms with Gasteiger partial charge in [0.05, 0.1) is 6.04 Å². The highest BCUT2D eigenvalue weighted by Crippen LogP contribution is 2.21. The Labute approximate surface area is 115 Å². The molecule has 1 aromatic rings. The van der Waals surface area contributed by atoms with Crippen molar-refractivity contribution in [3.05, 3.63) is 35.4 Å². The molecule has 0 aromatic heterocycles. The molecule has 0 bridgehead atoms. The van der Waals surface area contributed by atoms with Crippen LogP contribution in [0.5, 0.6) is 0 Å². The smallest absolute Gasteiger partial charge is 0.186 e. The maximum Gasteiger partial charge on any atom is 0.186 e. The van der Waals surface area contributed by atoms with Gasteiger partial charge in [0.25, 0.3) is 0 Å². The quantitative estimate of drug-likeness (QED) is 0.903. The maximum atomic E-state index is 5.82. The Morgan fingerprint density at radius 2 is 1.95 bits per heavy atom. The first kappa shape index (κ1) is 12.7. The topological polar surface area (TPSA) is 33.6 Å². The predicted octanol–water partition coefficient (Wildman–Crippen LogP) is 2.33. The largest absolute Gasteiger partial charge is 0.478 e. The summed E-state index contributed by atoms with van der Waals surface area (Å²) < 4.78 is 5.82. The van der Waals surface area contributed by atoms with Crippen molar-refractivity contribution in [2.24, 2.45) is 10.9 Å². The van der Waals surface area contributed by atoms with E-state index in [2.05, 4.69) is 36.5 Å². The molecule has 1 atom stereocenters. The SMILES string of the molecule is Cc1ccc(CC2COC(C3CCNCC3)=N2)cc1. The van der Waals surface area contributed by atoms with E-state index >= 15 is 0 Å². The number of hydrogen-bond donors (Lipinski definition) is 1. The summed E-state index contributed by atoms with van der Waals surface area (Å²) in [4.78, 5) is 4.80. The normalized spacial score (nSPS) is 24.1. The second-order valence-corrected chi connectivity index (χ2v) is 5.65. The van der Waals surface area contributed by atoms with Crippen LogP contribution in [0.4, 0.5) is 0 Å². The van der Waals surface area contributed by atoms with Gasteiger partial charge in [-0.1, -0.05) is 29.8 Å². The third kappa shape index (κ3) is 3.16. The van der Waals surface area contributed by atoms with Crippen molar-refractivity contribution >= 4 is 5.90 Å². The number of nitrogens with zero attached hydrogens (tertiary/aromatic N) is 1. The van der Waals surface area contributed by atoms with Gasteiger partial charge in [-0.05, 0) is 44.8 Å². The molecule has 0 saturated carbocycles. The summed E-state index contributed by atoms with van der Waals surface area (Å²) in [6.45, 7) is 5.06. The molecule has 3 rings (SSSR count). The highest BCUT2D eigenvalue weighted by Gasteiger charge is 2.27. The van der Waals surface area contributed by atoms with Gasteiger partial charge >= 0.3 is 0 Å². The number of rotatable bonds is 3. The van der Waals surface area contributed by atoms with Crippen LogP contribution < -0.4 is 5.32 Å². The molecule has 1 unspecified atom stereocenters. The number of piperidine rings is 1. The van der Waals surface area contributed by atoms with Crippen molar-refractivity contribution in [1.29, 1.82) is 0 Å². The fourth-order valence-corrected chi connectivity index (χ4v) is 2.83. The summed E-state index contributed by atoms with van der Waals surface area (Å²) in [5, 5.41) is 3.38. The number of hydrogen-bond acceptors (Lipinski definition) is 3. The summed E-state index contributed by atoms with van der Waals surface area (Å²) in [6.07, 6.45) is 3.32. The molecule has 2 heterocycles. The number of benzene rings is 1. The van der Waals surface area contributed by atoms with Crippen molar-refractivity contribution in [1.82, 2.24) is 5.32 Å². The van der Waals surface area contributed by atoms with Crippen LogP contribution in [0.2, 0.25) is 0 Å². The van der Waals surface area contributed by atoms with E-state index in [0.717, 1.165) is 44.9 Å². The number of aliphatic imine (C=N–C) groups is 1. The molecular formula is C16H22N2O. The lowest BCUT2D eigenvalue weighted by atomic mass is 9.98. The van der Waals surface area contributed by atoms with Gasteiger partial charge in [0.1, 0.15) is 6.61 Å². The lowest BCUT2D eigenvalue weighted by Gasteiger charge is -2.21. The Morgan fingerprint density at radius 1 is 1.21 bits per heavy atom. The minimum atomic E-state index is 0.313. The van der Waals surface area contributed by atoms with Gasteiger partial charge in [-0.15, -0.1) is 0 Å². The van der Waals surface area contributed by atoms with Gasteiger partial charge in [-0.2, -0.15) is 0 Å². The molecule has 3 heteroatoms. The van der Waals surface area contributed by atoms with E-state index in [-0.39, 0.29) is 0 Å². The Balaban J connectivity index is 1.60. The van der Waals surface area contributed by atoms with Gasteiger partial charge in [0.15, 0.2) is 5.90 Å². The number of aryl methyl sites for hydroxylation is 1. The summed E-state index contributed by atoms with van der Waals surface area (Å²) in [7, 11) is 0. The molecule has 1 fully saturated rings. The molecule has 2 aliphatic rings. The minimum Gasteiger partial charge on any atom is -0.478 e. The Kier molecular flexibility index (Phi) is 3.83. The fourth-order valence-electron chi connectivity index (χ4n) is 2.83. The highest BCUT2D eigenvalue weighted by molar-refractivity contribution is 5.80. The second-order valence-electron chi connectivity index (χ2n) is 5.65. The molecule has 3 nitrogen and oxygen atoms in total. The van der Waals surface area contributed by atoms with Crippen LogP contribution in [-0.2, 0) is 11.2 Å². The van der Waals surface area contributed by atoms with Crippen LogP contribution in [0.1, 0.15) is 24.0 Å². The maximum absolute atomic E-state index is 5.82. The molecule has 0 radical (unpaired) electrons. The van der Waals surface area contributed by atoms with E-state index in [4.69, 9.17) is 9.73 Å². The molecule has 2 aliphatic heterocycles. The Hall–Kier alpha value is -1.35. The molecule has 102 valence electrons. The Morgan fingerprint density at radius 3 is 2.68 bits per heavy atom. The molecule has 1 saturated heterocycles. The second kappa shape index (κ2) is 5.74. The van der Waals surface area contributed by atoms with Crippen molar-refractivity contribution < 1.29 is 4.74 Å². The summed E-state index contributed by atoms with van der Waals surface area (Å²) >= 11 is 0. The molecule has 19 heavy (non-hydrogen) atoms. The van der Waals surface area contributed by atoms with Gasteiger partial charge in [0.2, 0.25) is 0 Å². The molecular weight excluding hydrogens is 236 g/mol. The van der Waals surface area contributed by atoms with E-state index in [1.165, 1.54) is 11.1 Å². The average Bonchev–Trinajstić information content (AvgIpc) is 2.91. The first-order valence-electron chi connectivity index (χ1n) is 7.28. The van der Waals surface area contributed by atoms with Crippen LogP contribution in [-0.4, -0.2) is 31.6 Å². The molecule has 0 amide bonds. The van der Waals surface area contributed by atoms with E-state index in [1.807, 2.05) is 0 Å². The van der Waals surface area contributed by atoms with E-state index < -0.39 is 0 Å². The van der Waals surface area contributed by atoms with Crippen LogP contribution in [0, 0.1) is 12.8 Å².